The fraction of sp³-hybridized carbons (Fsp3) is 0.286. The molecule has 1 aromatic rings. The van der Waals surface area contributed by atoms with Gasteiger partial charge in [0.05, 0.1) is 31.5 Å². The van der Waals surface area contributed by atoms with Crippen molar-refractivity contribution < 1.29 is 13.7 Å². The Bertz CT molecular complexity index is 268. The van der Waals surface area contributed by atoms with Crippen LogP contribution < -0.4 is 4.18 Å². The Hall–Kier alpha value is -1.30. The van der Waals surface area contributed by atoms with E-state index in [0.29, 0.717) is 5.75 Å². The van der Waals surface area contributed by atoms with Crippen molar-refractivity contribution >= 4 is 18.0 Å². The standard InChI is InChI=1S/C7H8N2O3S/c1-11-7(10)4-13-12-6-2-8-5-9-3-6/h2-3,5H,4H2,1H3. The number of carbonyl (C=O) groups excluding carboxylic acids is 1. The summed E-state index contributed by atoms with van der Waals surface area (Å²) in [5.41, 5.74) is 0. The van der Waals surface area contributed by atoms with Crippen LogP contribution in [0.5, 0.6) is 5.75 Å². The fourth-order valence-corrected chi connectivity index (χ4v) is 1.03. The van der Waals surface area contributed by atoms with Crippen molar-refractivity contribution in [2.45, 2.75) is 0 Å². The first-order chi connectivity index (χ1) is 6.33. The van der Waals surface area contributed by atoms with Crippen molar-refractivity contribution in [1.29, 1.82) is 0 Å². The molecule has 0 unspecified atom stereocenters. The van der Waals surface area contributed by atoms with E-state index in [0.717, 1.165) is 12.0 Å². The summed E-state index contributed by atoms with van der Waals surface area (Å²) in [6.07, 6.45) is 4.42. The molecule has 0 N–H and O–H groups in total. The molecule has 0 saturated carbocycles. The van der Waals surface area contributed by atoms with Crippen LogP contribution in [0.4, 0.5) is 0 Å². The Morgan fingerprint density at radius 2 is 2.23 bits per heavy atom. The maximum Gasteiger partial charge on any atom is 0.319 e. The van der Waals surface area contributed by atoms with Gasteiger partial charge in [-0.15, -0.1) is 0 Å². The fourth-order valence-electron chi connectivity index (χ4n) is 0.533. The first-order valence-corrected chi connectivity index (χ1v) is 4.35. The van der Waals surface area contributed by atoms with Crippen LogP contribution in [0.2, 0.25) is 0 Å². The van der Waals surface area contributed by atoms with E-state index in [-0.39, 0.29) is 11.7 Å². The highest BCUT2D eigenvalue weighted by atomic mass is 32.2. The Labute approximate surface area is 79.7 Å². The average molecular weight is 200 g/mol. The van der Waals surface area contributed by atoms with Crippen molar-refractivity contribution in [2.24, 2.45) is 0 Å². The Balaban J connectivity index is 2.24. The number of rotatable bonds is 4. The monoisotopic (exact) mass is 200 g/mol. The highest BCUT2D eigenvalue weighted by molar-refractivity contribution is 7.95. The highest BCUT2D eigenvalue weighted by Gasteiger charge is 2.01. The summed E-state index contributed by atoms with van der Waals surface area (Å²) in [4.78, 5) is 18.1. The number of hydrogen-bond donors (Lipinski definition) is 0. The van der Waals surface area contributed by atoms with Crippen LogP contribution in [0.3, 0.4) is 0 Å². The summed E-state index contributed by atoms with van der Waals surface area (Å²) >= 11 is 0.984. The first-order valence-electron chi connectivity index (χ1n) is 3.44. The van der Waals surface area contributed by atoms with Gasteiger partial charge in [-0.25, -0.2) is 9.97 Å². The molecule has 0 atom stereocenters. The van der Waals surface area contributed by atoms with Gasteiger partial charge in [-0.2, -0.15) is 0 Å². The summed E-state index contributed by atoms with van der Waals surface area (Å²) in [7, 11) is 1.33. The number of nitrogens with zero attached hydrogens (tertiary/aromatic N) is 2. The van der Waals surface area contributed by atoms with Crippen molar-refractivity contribution in [2.75, 3.05) is 12.9 Å². The second kappa shape index (κ2) is 5.36. The van der Waals surface area contributed by atoms with E-state index < -0.39 is 0 Å². The molecular formula is C7H8N2O3S. The number of esters is 1. The molecule has 13 heavy (non-hydrogen) atoms. The molecule has 5 nitrogen and oxygen atoms in total. The summed E-state index contributed by atoms with van der Waals surface area (Å²) in [5.74, 6) is 0.323. The van der Waals surface area contributed by atoms with Gasteiger partial charge in [-0.1, -0.05) is 0 Å². The van der Waals surface area contributed by atoms with E-state index >= 15 is 0 Å². The van der Waals surface area contributed by atoms with Gasteiger partial charge in [0.2, 0.25) is 0 Å². The van der Waals surface area contributed by atoms with Crippen LogP contribution >= 0.6 is 12.0 Å². The van der Waals surface area contributed by atoms with Crippen LogP contribution in [0.1, 0.15) is 0 Å². The van der Waals surface area contributed by atoms with Crippen molar-refractivity contribution in [1.82, 2.24) is 9.97 Å². The topological polar surface area (TPSA) is 61.3 Å². The molecule has 0 radical (unpaired) electrons. The van der Waals surface area contributed by atoms with E-state index in [4.69, 9.17) is 4.18 Å². The van der Waals surface area contributed by atoms with E-state index in [1.807, 2.05) is 0 Å². The van der Waals surface area contributed by atoms with Crippen LogP contribution in [0.15, 0.2) is 18.7 Å². The minimum atomic E-state index is -0.332. The predicted octanol–water partition coefficient (Wildman–Crippen LogP) is 0.677. The summed E-state index contributed by atoms with van der Waals surface area (Å²) in [6.45, 7) is 0. The van der Waals surface area contributed by atoms with Crippen molar-refractivity contribution in [3.05, 3.63) is 18.7 Å². The predicted molar refractivity (Wildman–Crippen MR) is 47.1 cm³/mol. The van der Waals surface area contributed by atoms with Gasteiger partial charge >= 0.3 is 5.97 Å². The number of hydrogen-bond acceptors (Lipinski definition) is 6. The number of carbonyl (C=O) groups is 1. The van der Waals surface area contributed by atoms with Crippen LogP contribution in [-0.4, -0.2) is 28.8 Å². The third-order valence-corrected chi connectivity index (χ3v) is 1.76. The normalized spacial score (nSPS) is 9.31. The molecule has 1 rings (SSSR count). The van der Waals surface area contributed by atoms with Gasteiger partial charge in [0.15, 0.2) is 5.75 Å². The molecule has 0 amide bonds. The molecule has 1 aromatic heterocycles. The molecule has 0 aliphatic carbocycles. The maximum atomic E-state index is 10.6. The van der Waals surface area contributed by atoms with Gasteiger partial charge < -0.3 is 8.92 Å². The molecule has 0 spiro atoms. The lowest BCUT2D eigenvalue weighted by Crippen LogP contribution is -2.04. The Kier molecular flexibility index (Phi) is 4.04. The zero-order valence-corrected chi connectivity index (χ0v) is 7.78. The van der Waals surface area contributed by atoms with Gasteiger partial charge in [-0.3, -0.25) is 4.79 Å². The largest absolute Gasteiger partial charge is 0.468 e. The molecule has 70 valence electrons. The molecule has 6 heteroatoms. The second-order valence-corrected chi connectivity index (χ2v) is 2.69. The molecule has 0 fully saturated rings. The lowest BCUT2D eigenvalue weighted by molar-refractivity contribution is -0.137. The lowest BCUT2D eigenvalue weighted by atomic mass is 10.6. The SMILES string of the molecule is COC(=O)CSOc1cncnc1. The molecule has 0 aliphatic heterocycles. The van der Waals surface area contributed by atoms with E-state index in [2.05, 4.69) is 14.7 Å². The van der Waals surface area contributed by atoms with E-state index in [9.17, 15) is 4.79 Å². The Morgan fingerprint density at radius 3 is 2.85 bits per heavy atom. The smallest absolute Gasteiger partial charge is 0.319 e. The molecule has 0 saturated heterocycles. The maximum absolute atomic E-state index is 10.6. The van der Waals surface area contributed by atoms with E-state index in [1.165, 1.54) is 25.8 Å². The van der Waals surface area contributed by atoms with Gasteiger partial charge in [0, 0.05) is 0 Å². The van der Waals surface area contributed by atoms with Crippen molar-refractivity contribution in [3.63, 3.8) is 0 Å². The van der Waals surface area contributed by atoms with Crippen LogP contribution in [0, 0.1) is 0 Å². The number of methoxy groups -OCH3 is 1. The van der Waals surface area contributed by atoms with Crippen LogP contribution in [0.25, 0.3) is 0 Å². The third-order valence-electron chi connectivity index (χ3n) is 1.10. The zero-order chi connectivity index (χ0) is 9.52. The van der Waals surface area contributed by atoms with E-state index in [1.54, 1.807) is 0 Å². The molecular weight excluding hydrogens is 192 g/mol. The van der Waals surface area contributed by atoms with Crippen LogP contribution in [-0.2, 0) is 9.53 Å². The molecule has 0 bridgehead atoms. The number of ether oxygens (including phenoxy) is 1. The minimum Gasteiger partial charge on any atom is -0.468 e. The molecule has 0 aromatic carbocycles. The summed E-state index contributed by atoms with van der Waals surface area (Å²) in [5, 5.41) is 0. The molecule has 1 heterocycles. The molecule has 0 aliphatic rings. The minimum absolute atomic E-state index is 0.144. The van der Waals surface area contributed by atoms with Gasteiger partial charge in [-0.05, 0) is 0 Å². The first kappa shape index (κ1) is 9.79. The van der Waals surface area contributed by atoms with Gasteiger partial charge in [0.1, 0.15) is 12.1 Å². The summed E-state index contributed by atoms with van der Waals surface area (Å²) in [6, 6.07) is 0. The Morgan fingerprint density at radius 1 is 1.54 bits per heavy atom. The third kappa shape index (κ3) is 3.75. The van der Waals surface area contributed by atoms with Crippen molar-refractivity contribution in [3.8, 4) is 5.75 Å². The summed E-state index contributed by atoms with van der Waals surface area (Å²) < 4.78 is 9.49. The average Bonchev–Trinajstić information content (AvgIpc) is 2.19. The zero-order valence-electron chi connectivity index (χ0n) is 6.97. The lowest BCUT2D eigenvalue weighted by Gasteiger charge is -2.00. The highest BCUT2D eigenvalue weighted by Crippen LogP contribution is 2.12. The van der Waals surface area contributed by atoms with Gasteiger partial charge in [0.25, 0.3) is 0 Å². The number of aromatic nitrogens is 2. The second-order valence-electron chi connectivity index (χ2n) is 2.00. The quantitative estimate of drug-likeness (QED) is 0.526.